The van der Waals surface area contributed by atoms with Crippen molar-refractivity contribution < 1.29 is 9.25 Å². The Kier molecular flexibility index (Phi) is 1.98. The first-order valence-corrected chi connectivity index (χ1v) is 4.62. The molecule has 0 aromatic carbocycles. The Morgan fingerprint density at radius 3 is 2.83 bits per heavy atom. The molecule has 0 unspecified atom stereocenters. The molecule has 12 heavy (non-hydrogen) atoms. The van der Waals surface area contributed by atoms with Crippen molar-refractivity contribution in [1.82, 2.24) is 0 Å². The van der Waals surface area contributed by atoms with Crippen LogP contribution in [-0.2, 0) is 10.3 Å². The standard InChI is InChI=1S/C8H10BrNO2/c9-6-3-7(11-4-6)8(1-2-8)5-12-10/h3-4H,1-2,5,10H2. The Labute approximate surface area is 79.0 Å². The van der Waals surface area contributed by atoms with Crippen molar-refractivity contribution in [3.05, 3.63) is 22.6 Å². The van der Waals surface area contributed by atoms with Crippen molar-refractivity contribution in [2.75, 3.05) is 6.61 Å². The fraction of sp³-hybridized carbons (Fsp3) is 0.500. The van der Waals surface area contributed by atoms with E-state index in [0.717, 1.165) is 23.1 Å². The first kappa shape index (κ1) is 8.29. The van der Waals surface area contributed by atoms with Crippen molar-refractivity contribution in [1.29, 1.82) is 0 Å². The van der Waals surface area contributed by atoms with Gasteiger partial charge in [-0.3, -0.25) is 0 Å². The van der Waals surface area contributed by atoms with Gasteiger partial charge in [-0.15, -0.1) is 0 Å². The fourth-order valence-corrected chi connectivity index (χ4v) is 1.66. The third kappa shape index (κ3) is 1.30. The quantitative estimate of drug-likeness (QED) is 0.810. The Morgan fingerprint density at radius 1 is 1.67 bits per heavy atom. The highest BCUT2D eigenvalue weighted by Crippen LogP contribution is 2.49. The average molecular weight is 232 g/mol. The van der Waals surface area contributed by atoms with E-state index in [9.17, 15) is 0 Å². The van der Waals surface area contributed by atoms with Crippen LogP contribution < -0.4 is 5.90 Å². The van der Waals surface area contributed by atoms with E-state index in [1.54, 1.807) is 6.26 Å². The van der Waals surface area contributed by atoms with E-state index in [-0.39, 0.29) is 5.41 Å². The lowest BCUT2D eigenvalue weighted by molar-refractivity contribution is 0.109. The number of hydrogen-bond donors (Lipinski definition) is 1. The van der Waals surface area contributed by atoms with E-state index in [4.69, 9.17) is 10.3 Å². The summed E-state index contributed by atoms with van der Waals surface area (Å²) in [6.45, 7) is 0.549. The highest BCUT2D eigenvalue weighted by Gasteiger charge is 2.47. The second-order valence-electron chi connectivity index (χ2n) is 3.22. The maximum atomic E-state index is 5.36. The SMILES string of the molecule is NOCC1(c2cc(Br)co2)CC1. The molecule has 0 saturated heterocycles. The van der Waals surface area contributed by atoms with E-state index in [1.165, 1.54) is 0 Å². The zero-order chi connectivity index (χ0) is 8.60. The molecule has 0 spiro atoms. The van der Waals surface area contributed by atoms with Crippen LogP contribution in [0.4, 0.5) is 0 Å². The van der Waals surface area contributed by atoms with Gasteiger partial charge in [0, 0.05) is 0 Å². The molecule has 1 heterocycles. The molecular formula is C8H10BrNO2. The minimum absolute atomic E-state index is 0.0702. The van der Waals surface area contributed by atoms with Gasteiger partial charge in [0.05, 0.1) is 16.5 Å². The third-order valence-electron chi connectivity index (χ3n) is 2.30. The molecule has 0 bridgehead atoms. The van der Waals surface area contributed by atoms with Gasteiger partial charge in [-0.1, -0.05) is 0 Å². The first-order valence-electron chi connectivity index (χ1n) is 3.83. The summed E-state index contributed by atoms with van der Waals surface area (Å²) in [6, 6.07) is 1.98. The molecule has 2 rings (SSSR count). The monoisotopic (exact) mass is 231 g/mol. The summed E-state index contributed by atoms with van der Waals surface area (Å²) >= 11 is 3.34. The number of furan rings is 1. The van der Waals surface area contributed by atoms with Gasteiger partial charge in [0.25, 0.3) is 0 Å². The summed E-state index contributed by atoms with van der Waals surface area (Å²) in [4.78, 5) is 4.66. The van der Waals surface area contributed by atoms with Crippen molar-refractivity contribution in [3.63, 3.8) is 0 Å². The minimum atomic E-state index is 0.0702. The third-order valence-corrected chi connectivity index (χ3v) is 2.72. The molecule has 0 aliphatic heterocycles. The van der Waals surface area contributed by atoms with Gasteiger partial charge < -0.3 is 9.25 Å². The van der Waals surface area contributed by atoms with Gasteiger partial charge >= 0.3 is 0 Å². The predicted molar refractivity (Wildman–Crippen MR) is 47.5 cm³/mol. The molecule has 0 amide bonds. The summed E-state index contributed by atoms with van der Waals surface area (Å²) in [5.41, 5.74) is 0.0702. The highest BCUT2D eigenvalue weighted by molar-refractivity contribution is 9.10. The molecule has 66 valence electrons. The van der Waals surface area contributed by atoms with E-state index >= 15 is 0 Å². The Morgan fingerprint density at radius 2 is 2.42 bits per heavy atom. The molecule has 1 aliphatic carbocycles. The molecular weight excluding hydrogens is 222 g/mol. The smallest absolute Gasteiger partial charge is 0.113 e. The number of rotatable bonds is 3. The molecule has 4 heteroatoms. The minimum Gasteiger partial charge on any atom is -0.467 e. The number of nitrogens with two attached hydrogens (primary N) is 1. The highest BCUT2D eigenvalue weighted by atomic mass is 79.9. The predicted octanol–water partition coefficient (Wildman–Crippen LogP) is 1.96. The lowest BCUT2D eigenvalue weighted by Gasteiger charge is -2.08. The fourth-order valence-electron chi connectivity index (χ4n) is 1.36. The Bertz CT molecular complexity index is 280. The van der Waals surface area contributed by atoms with Gasteiger partial charge in [-0.25, -0.2) is 5.90 Å². The summed E-state index contributed by atoms with van der Waals surface area (Å²) in [5.74, 6) is 6.02. The summed E-state index contributed by atoms with van der Waals surface area (Å²) in [6.07, 6.45) is 3.89. The van der Waals surface area contributed by atoms with Crippen molar-refractivity contribution >= 4 is 15.9 Å². The maximum Gasteiger partial charge on any atom is 0.113 e. The average Bonchev–Trinajstić information content (AvgIpc) is 2.69. The van der Waals surface area contributed by atoms with Crippen LogP contribution in [0.5, 0.6) is 0 Å². The molecule has 0 atom stereocenters. The summed E-state index contributed by atoms with van der Waals surface area (Å²) in [5, 5.41) is 0. The van der Waals surface area contributed by atoms with E-state index in [1.807, 2.05) is 6.07 Å². The van der Waals surface area contributed by atoms with Crippen LogP contribution in [0.15, 0.2) is 21.2 Å². The second kappa shape index (κ2) is 2.87. The van der Waals surface area contributed by atoms with Gasteiger partial charge in [0.15, 0.2) is 0 Å². The van der Waals surface area contributed by atoms with Crippen molar-refractivity contribution in [2.45, 2.75) is 18.3 Å². The summed E-state index contributed by atoms with van der Waals surface area (Å²) in [7, 11) is 0. The van der Waals surface area contributed by atoms with Crippen LogP contribution in [0, 0.1) is 0 Å². The van der Waals surface area contributed by atoms with Crippen LogP contribution in [0.25, 0.3) is 0 Å². The molecule has 3 nitrogen and oxygen atoms in total. The Hall–Kier alpha value is -0.320. The molecule has 2 N–H and O–H groups in total. The van der Waals surface area contributed by atoms with Crippen LogP contribution >= 0.6 is 15.9 Å². The largest absolute Gasteiger partial charge is 0.467 e. The lowest BCUT2D eigenvalue weighted by Crippen LogP contribution is -2.17. The van der Waals surface area contributed by atoms with Crippen LogP contribution in [0.2, 0.25) is 0 Å². The van der Waals surface area contributed by atoms with Gasteiger partial charge in [-0.05, 0) is 34.8 Å². The lowest BCUT2D eigenvalue weighted by atomic mass is 10.1. The maximum absolute atomic E-state index is 5.36. The number of hydrogen-bond acceptors (Lipinski definition) is 3. The van der Waals surface area contributed by atoms with Crippen LogP contribution in [0.3, 0.4) is 0 Å². The van der Waals surface area contributed by atoms with Gasteiger partial charge in [0.1, 0.15) is 12.0 Å². The first-order chi connectivity index (χ1) is 5.77. The molecule has 1 fully saturated rings. The zero-order valence-corrected chi connectivity index (χ0v) is 8.13. The Balaban J connectivity index is 2.18. The van der Waals surface area contributed by atoms with Crippen molar-refractivity contribution in [2.24, 2.45) is 5.90 Å². The van der Waals surface area contributed by atoms with Crippen molar-refractivity contribution in [3.8, 4) is 0 Å². The topological polar surface area (TPSA) is 48.4 Å². The summed E-state index contributed by atoms with van der Waals surface area (Å²) < 4.78 is 6.33. The second-order valence-corrected chi connectivity index (χ2v) is 4.14. The normalized spacial score (nSPS) is 19.5. The zero-order valence-electron chi connectivity index (χ0n) is 6.55. The van der Waals surface area contributed by atoms with Gasteiger partial charge in [-0.2, -0.15) is 0 Å². The van der Waals surface area contributed by atoms with Gasteiger partial charge in [0.2, 0.25) is 0 Å². The van der Waals surface area contributed by atoms with Crippen LogP contribution in [0.1, 0.15) is 18.6 Å². The molecule has 1 aromatic heterocycles. The molecule has 1 aromatic rings. The van der Waals surface area contributed by atoms with E-state index in [2.05, 4.69) is 20.8 Å². The molecule has 1 aliphatic rings. The van der Waals surface area contributed by atoms with E-state index < -0.39 is 0 Å². The van der Waals surface area contributed by atoms with E-state index in [0.29, 0.717) is 6.61 Å². The number of halogens is 1. The molecule has 1 saturated carbocycles. The molecule has 0 radical (unpaired) electrons. The van der Waals surface area contributed by atoms with Crippen LogP contribution in [-0.4, -0.2) is 6.61 Å².